The SMILES string of the molecule is COC(=O)C(NC(=O)c1ccc(OC)cc1)(Nc1ccccn1)C(F)(F)F. The molecule has 2 aromatic rings. The minimum absolute atomic E-state index is 0.115. The summed E-state index contributed by atoms with van der Waals surface area (Å²) in [6.45, 7) is 0. The summed E-state index contributed by atoms with van der Waals surface area (Å²) in [5.41, 5.74) is -3.65. The number of nitrogens with zero attached hydrogens (tertiary/aromatic N) is 1. The molecule has 7 nitrogen and oxygen atoms in total. The Labute approximate surface area is 152 Å². The zero-order chi connectivity index (χ0) is 20.1. The molecule has 1 aromatic heterocycles. The molecule has 1 heterocycles. The van der Waals surface area contributed by atoms with Gasteiger partial charge >= 0.3 is 17.8 Å². The first kappa shape index (κ1) is 20.0. The molecular formula is C17H16F3N3O4. The Morgan fingerprint density at radius 1 is 1.04 bits per heavy atom. The molecule has 0 radical (unpaired) electrons. The number of aromatic nitrogens is 1. The average Bonchev–Trinajstić information content (AvgIpc) is 2.66. The number of hydrogen-bond donors (Lipinski definition) is 2. The van der Waals surface area contributed by atoms with Gasteiger partial charge in [-0.3, -0.25) is 4.79 Å². The van der Waals surface area contributed by atoms with Crippen LogP contribution < -0.4 is 15.4 Å². The second kappa shape index (κ2) is 7.94. The van der Waals surface area contributed by atoms with E-state index in [9.17, 15) is 22.8 Å². The molecule has 0 fully saturated rings. The quantitative estimate of drug-likeness (QED) is 0.588. The summed E-state index contributed by atoms with van der Waals surface area (Å²) in [7, 11) is 2.18. The number of alkyl halides is 3. The minimum Gasteiger partial charge on any atom is -0.497 e. The van der Waals surface area contributed by atoms with Crippen molar-refractivity contribution in [3.63, 3.8) is 0 Å². The number of ether oxygens (including phenoxy) is 2. The van der Waals surface area contributed by atoms with Gasteiger partial charge in [-0.2, -0.15) is 13.2 Å². The van der Waals surface area contributed by atoms with E-state index in [1.54, 1.807) is 5.32 Å². The van der Waals surface area contributed by atoms with E-state index in [0.717, 1.165) is 7.11 Å². The Balaban J connectivity index is 2.43. The van der Waals surface area contributed by atoms with Crippen molar-refractivity contribution in [1.82, 2.24) is 10.3 Å². The van der Waals surface area contributed by atoms with Crippen LogP contribution in [-0.2, 0) is 9.53 Å². The monoisotopic (exact) mass is 383 g/mol. The van der Waals surface area contributed by atoms with E-state index in [2.05, 4.69) is 9.72 Å². The van der Waals surface area contributed by atoms with Gasteiger partial charge in [-0.15, -0.1) is 0 Å². The van der Waals surface area contributed by atoms with Crippen LogP contribution in [0.3, 0.4) is 0 Å². The van der Waals surface area contributed by atoms with Gasteiger partial charge in [0, 0.05) is 11.8 Å². The molecule has 1 aromatic carbocycles. The first-order valence-electron chi connectivity index (χ1n) is 7.54. The normalized spacial score (nSPS) is 13.2. The van der Waals surface area contributed by atoms with E-state index in [0.29, 0.717) is 5.75 Å². The van der Waals surface area contributed by atoms with Crippen LogP contribution in [-0.4, -0.2) is 42.9 Å². The first-order valence-corrected chi connectivity index (χ1v) is 7.54. The van der Waals surface area contributed by atoms with Crippen molar-refractivity contribution in [2.45, 2.75) is 11.8 Å². The Bertz CT molecular complexity index is 797. The van der Waals surface area contributed by atoms with E-state index in [1.165, 1.54) is 55.8 Å². The Morgan fingerprint density at radius 2 is 1.70 bits per heavy atom. The Hall–Kier alpha value is -3.30. The van der Waals surface area contributed by atoms with Gasteiger partial charge in [0.2, 0.25) is 0 Å². The van der Waals surface area contributed by atoms with Crippen LogP contribution in [0.1, 0.15) is 10.4 Å². The maximum atomic E-state index is 13.9. The lowest BCUT2D eigenvalue weighted by Crippen LogP contribution is -2.69. The lowest BCUT2D eigenvalue weighted by atomic mass is 10.1. The molecule has 0 saturated heterocycles. The molecule has 0 aliphatic carbocycles. The lowest BCUT2D eigenvalue weighted by molar-refractivity contribution is -0.203. The first-order chi connectivity index (χ1) is 12.7. The molecule has 0 aliphatic heterocycles. The largest absolute Gasteiger partial charge is 0.497 e. The predicted molar refractivity (Wildman–Crippen MR) is 89.1 cm³/mol. The van der Waals surface area contributed by atoms with Crippen LogP contribution >= 0.6 is 0 Å². The number of nitrogens with one attached hydrogen (secondary N) is 2. The fraction of sp³-hybridized carbons (Fsp3) is 0.235. The summed E-state index contributed by atoms with van der Waals surface area (Å²) in [6.07, 6.45) is -4.01. The van der Waals surface area contributed by atoms with Crippen LogP contribution in [0.25, 0.3) is 0 Å². The summed E-state index contributed by atoms with van der Waals surface area (Å²) in [4.78, 5) is 28.2. The van der Waals surface area contributed by atoms with Crippen LogP contribution in [0, 0.1) is 0 Å². The number of pyridine rings is 1. The van der Waals surface area contributed by atoms with Gasteiger partial charge in [-0.25, -0.2) is 9.78 Å². The van der Waals surface area contributed by atoms with E-state index in [1.807, 2.05) is 5.32 Å². The number of anilines is 1. The van der Waals surface area contributed by atoms with Crippen molar-refractivity contribution in [2.75, 3.05) is 19.5 Å². The second-order valence-corrected chi connectivity index (χ2v) is 5.26. The summed E-state index contributed by atoms with van der Waals surface area (Å²) >= 11 is 0. The van der Waals surface area contributed by atoms with Crippen molar-refractivity contribution < 1.29 is 32.2 Å². The highest BCUT2D eigenvalue weighted by Gasteiger charge is 2.63. The Kier molecular flexibility index (Phi) is 5.88. The summed E-state index contributed by atoms with van der Waals surface area (Å²) in [5, 5.41) is 3.63. The van der Waals surface area contributed by atoms with Crippen LogP contribution in [0.4, 0.5) is 19.0 Å². The molecule has 10 heteroatoms. The van der Waals surface area contributed by atoms with Gasteiger partial charge in [-0.1, -0.05) is 6.07 Å². The number of amides is 1. The van der Waals surface area contributed by atoms with Gasteiger partial charge in [0.25, 0.3) is 5.91 Å². The molecule has 0 spiro atoms. The van der Waals surface area contributed by atoms with Crippen molar-refractivity contribution in [2.24, 2.45) is 0 Å². The topological polar surface area (TPSA) is 89.5 Å². The standard InChI is InChI=1S/C17H16F3N3O4/c1-26-12-8-6-11(7-9-12)14(24)23-16(15(25)27-2,17(18,19)20)22-13-5-3-4-10-21-13/h3-10H,1-2H3,(H,21,22)(H,23,24). The summed E-state index contributed by atoms with van der Waals surface area (Å²) < 4.78 is 50.8. The van der Waals surface area contributed by atoms with Gasteiger partial charge in [0.05, 0.1) is 14.2 Å². The van der Waals surface area contributed by atoms with Gasteiger partial charge < -0.3 is 20.1 Å². The molecule has 1 amide bonds. The maximum Gasteiger partial charge on any atom is 0.441 e. The lowest BCUT2D eigenvalue weighted by Gasteiger charge is -2.34. The minimum atomic E-state index is -5.24. The molecule has 0 aliphatic rings. The highest BCUT2D eigenvalue weighted by atomic mass is 19.4. The third-order valence-corrected chi connectivity index (χ3v) is 3.55. The highest BCUT2D eigenvalue weighted by Crippen LogP contribution is 2.33. The molecule has 1 unspecified atom stereocenters. The molecule has 1 atom stereocenters. The van der Waals surface area contributed by atoms with Crippen LogP contribution in [0.5, 0.6) is 5.75 Å². The van der Waals surface area contributed by atoms with E-state index < -0.39 is 23.7 Å². The van der Waals surface area contributed by atoms with Gasteiger partial charge in [-0.05, 0) is 36.4 Å². The third-order valence-electron chi connectivity index (χ3n) is 3.55. The zero-order valence-electron chi connectivity index (χ0n) is 14.3. The number of methoxy groups -OCH3 is 2. The van der Waals surface area contributed by atoms with Crippen LogP contribution in [0.2, 0.25) is 0 Å². The van der Waals surface area contributed by atoms with E-state index in [-0.39, 0.29) is 11.4 Å². The van der Waals surface area contributed by atoms with Crippen molar-refractivity contribution >= 4 is 17.7 Å². The highest BCUT2D eigenvalue weighted by molar-refractivity contribution is 5.99. The molecule has 27 heavy (non-hydrogen) atoms. The number of rotatable bonds is 6. The fourth-order valence-corrected chi connectivity index (χ4v) is 2.16. The third kappa shape index (κ3) is 4.27. The average molecular weight is 383 g/mol. The van der Waals surface area contributed by atoms with E-state index in [4.69, 9.17) is 4.74 Å². The maximum absolute atomic E-state index is 13.9. The molecule has 0 bridgehead atoms. The summed E-state index contributed by atoms with van der Waals surface area (Å²) in [5.74, 6) is -2.77. The van der Waals surface area contributed by atoms with Crippen molar-refractivity contribution in [1.29, 1.82) is 0 Å². The molecule has 2 rings (SSSR count). The molecular weight excluding hydrogens is 367 g/mol. The summed E-state index contributed by atoms with van der Waals surface area (Å²) in [6, 6.07) is 9.42. The molecule has 2 N–H and O–H groups in total. The van der Waals surface area contributed by atoms with Crippen LogP contribution in [0.15, 0.2) is 48.7 Å². The van der Waals surface area contributed by atoms with Gasteiger partial charge in [0.15, 0.2) is 0 Å². The molecule has 144 valence electrons. The number of carbonyl (C=O) groups is 2. The number of carbonyl (C=O) groups excluding carboxylic acids is 2. The fourth-order valence-electron chi connectivity index (χ4n) is 2.16. The Morgan fingerprint density at radius 3 is 2.19 bits per heavy atom. The van der Waals surface area contributed by atoms with Crippen molar-refractivity contribution in [3.8, 4) is 5.75 Å². The van der Waals surface area contributed by atoms with E-state index >= 15 is 0 Å². The predicted octanol–water partition coefficient (Wildman–Crippen LogP) is 2.36. The number of esters is 1. The second-order valence-electron chi connectivity index (χ2n) is 5.26. The van der Waals surface area contributed by atoms with Gasteiger partial charge in [0.1, 0.15) is 11.6 Å². The number of halogens is 3. The smallest absolute Gasteiger partial charge is 0.441 e. The zero-order valence-corrected chi connectivity index (χ0v) is 14.3. The van der Waals surface area contributed by atoms with Crippen molar-refractivity contribution in [3.05, 3.63) is 54.2 Å². The number of benzene rings is 1. The molecule has 0 saturated carbocycles. The number of hydrogen-bond acceptors (Lipinski definition) is 6.